The summed E-state index contributed by atoms with van der Waals surface area (Å²) >= 11 is 0. The maximum atomic E-state index is 12.7. The lowest BCUT2D eigenvalue weighted by Crippen LogP contribution is -2.35. The minimum absolute atomic E-state index is 0.0276. The summed E-state index contributed by atoms with van der Waals surface area (Å²) in [6.45, 7) is 1.37. The van der Waals surface area contributed by atoms with Crippen LogP contribution in [0.3, 0.4) is 0 Å². The third kappa shape index (κ3) is 4.92. The second kappa shape index (κ2) is 8.49. The number of carbonyl (C=O) groups is 1. The fourth-order valence-electron chi connectivity index (χ4n) is 2.44. The smallest absolute Gasteiger partial charge is 0.416 e. The first-order valence-electron chi connectivity index (χ1n) is 8.81. The van der Waals surface area contributed by atoms with Gasteiger partial charge in [-0.05, 0) is 37.3 Å². The Morgan fingerprint density at radius 3 is 2.53 bits per heavy atom. The first-order chi connectivity index (χ1) is 14.2. The van der Waals surface area contributed by atoms with Gasteiger partial charge in [0, 0.05) is 19.3 Å². The summed E-state index contributed by atoms with van der Waals surface area (Å²) in [5.74, 6) is -0.469. The summed E-state index contributed by atoms with van der Waals surface area (Å²) in [7, 11) is 1.69. The van der Waals surface area contributed by atoms with Crippen molar-refractivity contribution in [2.75, 3.05) is 6.61 Å². The number of hydrogen-bond acceptors (Lipinski definition) is 6. The molecule has 1 aromatic carbocycles. The maximum Gasteiger partial charge on any atom is 0.416 e. The molecule has 30 heavy (non-hydrogen) atoms. The number of ether oxygens (including phenoxy) is 1. The van der Waals surface area contributed by atoms with Crippen molar-refractivity contribution in [1.29, 1.82) is 0 Å². The van der Waals surface area contributed by atoms with Gasteiger partial charge < -0.3 is 15.2 Å². The molecule has 11 heteroatoms. The van der Waals surface area contributed by atoms with Gasteiger partial charge in [-0.2, -0.15) is 18.3 Å². The summed E-state index contributed by atoms with van der Waals surface area (Å²) in [6, 6.07) is 5.25. The molecular weight excluding hydrogens is 403 g/mol. The van der Waals surface area contributed by atoms with E-state index in [1.54, 1.807) is 26.2 Å². The number of nitrogens with zero attached hydrogens (tertiary/aromatic N) is 4. The van der Waals surface area contributed by atoms with E-state index in [4.69, 9.17) is 9.84 Å². The number of alkyl halides is 3. The molecule has 3 aromatic rings. The highest BCUT2D eigenvalue weighted by molar-refractivity contribution is 5.92. The van der Waals surface area contributed by atoms with Crippen LogP contribution in [0.2, 0.25) is 0 Å². The van der Waals surface area contributed by atoms with Crippen molar-refractivity contribution in [3.05, 3.63) is 54.0 Å². The zero-order chi connectivity index (χ0) is 21.9. The molecule has 3 rings (SSSR count). The van der Waals surface area contributed by atoms with Crippen LogP contribution >= 0.6 is 0 Å². The molecule has 0 aliphatic rings. The van der Waals surface area contributed by atoms with Gasteiger partial charge in [-0.3, -0.25) is 9.48 Å². The Hall–Kier alpha value is -3.47. The highest BCUT2D eigenvalue weighted by Gasteiger charge is 2.30. The average Bonchev–Trinajstić information content (AvgIpc) is 3.14. The zero-order valence-corrected chi connectivity index (χ0v) is 16.0. The minimum atomic E-state index is -4.46. The van der Waals surface area contributed by atoms with Gasteiger partial charge in [0.2, 0.25) is 5.88 Å². The molecule has 2 aromatic heterocycles. The second-order valence-electron chi connectivity index (χ2n) is 6.46. The Labute approximate surface area is 169 Å². The van der Waals surface area contributed by atoms with Gasteiger partial charge in [0.05, 0.1) is 18.4 Å². The van der Waals surface area contributed by atoms with E-state index in [2.05, 4.69) is 20.4 Å². The predicted molar refractivity (Wildman–Crippen MR) is 99.8 cm³/mol. The average molecular weight is 421 g/mol. The molecule has 0 saturated carbocycles. The van der Waals surface area contributed by atoms with Crippen molar-refractivity contribution in [2.24, 2.45) is 7.05 Å². The first-order valence-corrected chi connectivity index (χ1v) is 8.81. The van der Waals surface area contributed by atoms with Crippen molar-refractivity contribution in [2.45, 2.75) is 19.1 Å². The normalized spacial score (nSPS) is 12.5. The first kappa shape index (κ1) is 21.2. The molecule has 2 N–H and O–H groups in total. The van der Waals surface area contributed by atoms with Crippen LogP contribution < -0.4 is 10.1 Å². The largest absolute Gasteiger partial charge is 0.437 e. The molecule has 1 atom stereocenters. The van der Waals surface area contributed by atoms with Crippen LogP contribution in [0.5, 0.6) is 11.6 Å². The lowest BCUT2D eigenvalue weighted by Gasteiger charge is -2.13. The molecule has 0 radical (unpaired) electrons. The van der Waals surface area contributed by atoms with Crippen LogP contribution in [0.25, 0.3) is 11.4 Å². The molecule has 8 nitrogen and oxygen atoms in total. The Morgan fingerprint density at radius 1 is 1.27 bits per heavy atom. The molecule has 1 amide bonds. The van der Waals surface area contributed by atoms with Gasteiger partial charge >= 0.3 is 6.18 Å². The van der Waals surface area contributed by atoms with E-state index in [1.807, 2.05) is 0 Å². The summed E-state index contributed by atoms with van der Waals surface area (Å²) < 4.78 is 45.4. The van der Waals surface area contributed by atoms with E-state index in [-0.39, 0.29) is 29.6 Å². The molecule has 0 aliphatic heterocycles. The Balaban J connectivity index is 1.94. The highest BCUT2D eigenvalue weighted by Crippen LogP contribution is 2.33. The van der Waals surface area contributed by atoms with Crippen LogP contribution in [-0.2, 0) is 13.2 Å². The molecule has 2 heterocycles. The van der Waals surface area contributed by atoms with Gasteiger partial charge in [0.15, 0.2) is 5.69 Å². The highest BCUT2D eigenvalue weighted by atomic mass is 19.4. The zero-order valence-electron chi connectivity index (χ0n) is 16.0. The molecule has 0 fully saturated rings. The monoisotopic (exact) mass is 421 g/mol. The summed E-state index contributed by atoms with van der Waals surface area (Å²) in [4.78, 5) is 20.7. The molecule has 0 spiro atoms. The molecular formula is C19H18F3N5O3. The van der Waals surface area contributed by atoms with Gasteiger partial charge in [-0.25, -0.2) is 9.97 Å². The van der Waals surface area contributed by atoms with E-state index in [0.717, 1.165) is 24.3 Å². The molecule has 0 saturated heterocycles. The molecule has 0 aliphatic carbocycles. The fraction of sp³-hybridized carbons (Fsp3) is 0.263. The van der Waals surface area contributed by atoms with E-state index >= 15 is 0 Å². The van der Waals surface area contributed by atoms with Gasteiger partial charge in [0.25, 0.3) is 5.91 Å². The van der Waals surface area contributed by atoms with Gasteiger partial charge in [0.1, 0.15) is 17.1 Å². The van der Waals surface area contributed by atoms with E-state index in [0.29, 0.717) is 5.69 Å². The van der Waals surface area contributed by atoms with Crippen molar-refractivity contribution in [3.63, 3.8) is 0 Å². The van der Waals surface area contributed by atoms with Crippen molar-refractivity contribution < 1.29 is 27.8 Å². The van der Waals surface area contributed by atoms with E-state index in [1.165, 1.54) is 10.9 Å². The number of aliphatic hydroxyl groups excluding tert-OH is 1. The topological polar surface area (TPSA) is 102 Å². The van der Waals surface area contributed by atoms with Crippen molar-refractivity contribution in [1.82, 2.24) is 25.1 Å². The van der Waals surface area contributed by atoms with Crippen molar-refractivity contribution >= 4 is 5.91 Å². The molecule has 0 bridgehead atoms. The lowest BCUT2D eigenvalue weighted by atomic mass is 10.2. The number of nitrogens with one attached hydrogen (secondary N) is 1. The van der Waals surface area contributed by atoms with Crippen LogP contribution in [0.1, 0.15) is 23.0 Å². The van der Waals surface area contributed by atoms with E-state index < -0.39 is 23.7 Å². The number of hydrogen-bond donors (Lipinski definition) is 2. The minimum Gasteiger partial charge on any atom is -0.437 e. The van der Waals surface area contributed by atoms with Crippen LogP contribution in [0, 0.1) is 0 Å². The number of carbonyl (C=O) groups excluding carboxylic acids is 1. The van der Waals surface area contributed by atoms with Crippen LogP contribution in [-0.4, -0.2) is 43.4 Å². The SMILES string of the molecule is CC(CO)NC(=O)c1cnc(Oc2ccc(C(F)(F)F)cc2)c(-c2ccn(C)n2)n1. The standard InChI is InChI=1S/C19H18F3N5O3/c1-11(10-28)24-17(29)15-9-23-18(16(25-15)14-7-8-27(2)26-14)30-13-5-3-12(4-6-13)19(20,21)22/h3-9,11,28H,10H2,1-2H3,(H,24,29). The number of benzene rings is 1. The number of rotatable bonds is 6. The summed E-state index contributed by atoms with van der Waals surface area (Å²) in [6.07, 6.45) is -1.64. The third-order valence-electron chi connectivity index (χ3n) is 3.98. The number of aromatic nitrogens is 4. The number of aryl methyl sites for hydroxylation is 1. The lowest BCUT2D eigenvalue weighted by molar-refractivity contribution is -0.137. The molecule has 158 valence electrons. The van der Waals surface area contributed by atoms with Crippen LogP contribution in [0.4, 0.5) is 13.2 Å². The van der Waals surface area contributed by atoms with Gasteiger partial charge in [-0.1, -0.05) is 0 Å². The van der Waals surface area contributed by atoms with Gasteiger partial charge in [-0.15, -0.1) is 0 Å². The fourth-order valence-corrected chi connectivity index (χ4v) is 2.44. The van der Waals surface area contributed by atoms with Crippen molar-refractivity contribution in [3.8, 4) is 23.0 Å². The van der Waals surface area contributed by atoms with E-state index in [9.17, 15) is 18.0 Å². The Morgan fingerprint density at radius 2 is 1.97 bits per heavy atom. The maximum absolute atomic E-state index is 12.7. The second-order valence-corrected chi connectivity index (χ2v) is 6.46. The number of aliphatic hydroxyl groups is 1. The third-order valence-corrected chi connectivity index (χ3v) is 3.98. The van der Waals surface area contributed by atoms with Crippen LogP contribution in [0.15, 0.2) is 42.7 Å². The quantitative estimate of drug-likeness (QED) is 0.635. The number of halogens is 3. The summed E-state index contributed by atoms with van der Waals surface area (Å²) in [5.41, 5.74) is -0.344. The Bertz CT molecular complexity index is 1030. The predicted octanol–water partition coefficient (Wildman–Crippen LogP) is 2.80. The summed E-state index contributed by atoms with van der Waals surface area (Å²) in [5, 5.41) is 15.9. The molecule has 1 unspecified atom stereocenters. The number of amides is 1. The Kier molecular flexibility index (Phi) is 6.01.